The molecule has 3 rings (SSSR count). The molecule has 1 saturated heterocycles. The van der Waals surface area contributed by atoms with Crippen molar-refractivity contribution in [2.24, 2.45) is 5.92 Å². The fourth-order valence-electron chi connectivity index (χ4n) is 4.29. The summed E-state index contributed by atoms with van der Waals surface area (Å²) in [5, 5.41) is 3.20. The molecule has 1 aliphatic carbocycles. The number of ether oxygens (including phenoxy) is 1. The van der Waals surface area contributed by atoms with Crippen LogP contribution in [0.15, 0.2) is 18.2 Å². The summed E-state index contributed by atoms with van der Waals surface area (Å²) in [5.74, 6) is 1.58. The van der Waals surface area contributed by atoms with Gasteiger partial charge in [-0.3, -0.25) is 14.5 Å². The van der Waals surface area contributed by atoms with Crippen molar-refractivity contribution < 1.29 is 14.3 Å². The lowest BCUT2D eigenvalue weighted by Gasteiger charge is -2.35. The molecule has 2 aliphatic rings. The van der Waals surface area contributed by atoms with Gasteiger partial charge in [-0.25, -0.2) is 0 Å². The van der Waals surface area contributed by atoms with Crippen molar-refractivity contribution in [2.45, 2.75) is 45.6 Å². The predicted molar refractivity (Wildman–Crippen MR) is 110 cm³/mol. The van der Waals surface area contributed by atoms with Gasteiger partial charge in [-0.05, 0) is 43.4 Å². The van der Waals surface area contributed by atoms with Gasteiger partial charge in [0, 0.05) is 37.8 Å². The molecule has 0 bridgehead atoms. The van der Waals surface area contributed by atoms with Crippen LogP contribution in [0, 0.1) is 12.8 Å². The van der Waals surface area contributed by atoms with Crippen molar-refractivity contribution in [2.75, 3.05) is 39.8 Å². The molecule has 1 aromatic carbocycles. The Bertz CT molecular complexity index is 698. The zero-order valence-corrected chi connectivity index (χ0v) is 17.4. The molecule has 6 nitrogen and oxygen atoms in total. The van der Waals surface area contributed by atoms with E-state index in [4.69, 9.17) is 4.74 Å². The van der Waals surface area contributed by atoms with E-state index in [1.54, 1.807) is 7.11 Å². The Hall–Kier alpha value is -2.08. The SMILES string of the molecule is COc1cc(C(=O)N2CCN(CC(=O)NC3CCCC(C)C3)CC2)ccc1C. The minimum atomic E-state index is 0.0265. The normalized spacial score (nSPS) is 23.3. The zero-order chi connectivity index (χ0) is 20.1. The number of hydrogen-bond acceptors (Lipinski definition) is 4. The van der Waals surface area contributed by atoms with Crippen LogP contribution in [0.3, 0.4) is 0 Å². The van der Waals surface area contributed by atoms with Crippen molar-refractivity contribution in [3.63, 3.8) is 0 Å². The Morgan fingerprint density at radius 2 is 1.93 bits per heavy atom. The molecular formula is C22H33N3O3. The van der Waals surface area contributed by atoms with Gasteiger partial charge in [0.15, 0.2) is 0 Å². The molecule has 1 saturated carbocycles. The zero-order valence-electron chi connectivity index (χ0n) is 17.4. The number of benzene rings is 1. The quantitative estimate of drug-likeness (QED) is 0.843. The molecule has 1 N–H and O–H groups in total. The van der Waals surface area contributed by atoms with Crippen LogP contribution in [0.4, 0.5) is 0 Å². The number of amides is 2. The molecule has 154 valence electrons. The van der Waals surface area contributed by atoms with E-state index in [0.717, 1.165) is 37.2 Å². The molecule has 1 aliphatic heterocycles. The van der Waals surface area contributed by atoms with Crippen LogP contribution in [-0.4, -0.2) is 67.5 Å². The van der Waals surface area contributed by atoms with Gasteiger partial charge in [-0.15, -0.1) is 0 Å². The number of nitrogens with zero attached hydrogens (tertiary/aromatic N) is 2. The fourth-order valence-corrected chi connectivity index (χ4v) is 4.29. The summed E-state index contributed by atoms with van der Waals surface area (Å²) in [5.41, 5.74) is 1.67. The molecule has 2 unspecified atom stereocenters. The summed E-state index contributed by atoms with van der Waals surface area (Å²) in [6.07, 6.45) is 4.66. The Labute approximate surface area is 168 Å². The number of methoxy groups -OCH3 is 1. The van der Waals surface area contributed by atoms with E-state index < -0.39 is 0 Å². The highest BCUT2D eigenvalue weighted by atomic mass is 16.5. The first-order valence-corrected chi connectivity index (χ1v) is 10.4. The second-order valence-electron chi connectivity index (χ2n) is 8.29. The lowest BCUT2D eigenvalue weighted by molar-refractivity contribution is -0.123. The summed E-state index contributed by atoms with van der Waals surface area (Å²) in [7, 11) is 1.62. The van der Waals surface area contributed by atoms with Crippen LogP contribution in [0.1, 0.15) is 48.5 Å². The van der Waals surface area contributed by atoms with Gasteiger partial charge in [-0.1, -0.05) is 25.8 Å². The van der Waals surface area contributed by atoms with Crippen LogP contribution in [-0.2, 0) is 4.79 Å². The monoisotopic (exact) mass is 387 g/mol. The van der Waals surface area contributed by atoms with E-state index in [-0.39, 0.29) is 11.8 Å². The first kappa shape index (κ1) is 20.6. The average Bonchev–Trinajstić information content (AvgIpc) is 2.68. The van der Waals surface area contributed by atoms with Crippen LogP contribution in [0.25, 0.3) is 0 Å². The van der Waals surface area contributed by atoms with E-state index in [1.165, 1.54) is 12.8 Å². The lowest BCUT2D eigenvalue weighted by atomic mass is 9.87. The van der Waals surface area contributed by atoms with Crippen molar-refractivity contribution in [3.8, 4) is 5.75 Å². The summed E-state index contributed by atoms with van der Waals surface area (Å²) in [6.45, 7) is 7.38. The van der Waals surface area contributed by atoms with E-state index in [0.29, 0.717) is 37.2 Å². The van der Waals surface area contributed by atoms with Gasteiger partial charge in [0.05, 0.1) is 13.7 Å². The third-order valence-corrected chi connectivity index (χ3v) is 5.98. The highest BCUT2D eigenvalue weighted by Gasteiger charge is 2.25. The maximum Gasteiger partial charge on any atom is 0.254 e. The standard InChI is InChI=1S/C22H33N3O3/c1-16-5-4-6-19(13-16)23-21(26)15-24-9-11-25(12-10-24)22(27)18-8-7-17(2)20(14-18)28-3/h7-8,14,16,19H,4-6,9-13,15H2,1-3H3,(H,23,26). The van der Waals surface area contributed by atoms with E-state index in [1.807, 2.05) is 30.0 Å². The highest BCUT2D eigenvalue weighted by Crippen LogP contribution is 2.23. The number of carbonyl (C=O) groups is 2. The van der Waals surface area contributed by atoms with Gasteiger partial charge in [-0.2, -0.15) is 0 Å². The predicted octanol–water partition coefficient (Wildman–Crippen LogP) is 2.46. The Morgan fingerprint density at radius 3 is 2.61 bits per heavy atom. The Kier molecular flexibility index (Phi) is 6.94. The number of nitrogens with one attached hydrogen (secondary N) is 1. The molecule has 0 radical (unpaired) electrons. The maximum absolute atomic E-state index is 12.8. The lowest BCUT2D eigenvalue weighted by Crippen LogP contribution is -2.52. The van der Waals surface area contributed by atoms with Gasteiger partial charge >= 0.3 is 0 Å². The number of carbonyl (C=O) groups excluding carboxylic acids is 2. The van der Waals surface area contributed by atoms with Crippen molar-refractivity contribution in [1.82, 2.24) is 15.1 Å². The van der Waals surface area contributed by atoms with Crippen molar-refractivity contribution in [1.29, 1.82) is 0 Å². The van der Waals surface area contributed by atoms with E-state index in [2.05, 4.69) is 17.1 Å². The average molecular weight is 388 g/mol. The number of hydrogen-bond donors (Lipinski definition) is 1. The highest BCUT2D eigenvalue weighted by molar-refractivity contribution is 5.94. The largest absolute Gasteiger partial charge is 0.496 e. The van der Waals surface area contributed by atoms with Crippen LogP contribution >= 0.6 is 0 Å². The molecule has 6 heteroatoms. The third-order valence-electron chi connectivity index (χ3n) is 5.98. The summed E-state index contributed by atoms with van der Waals surface area (Å²) < 4.78 is 5.33. The second kappa shape index (κ2) is 9.41. The molecule has 0 aromatic heterocycles. The van der Waals surface area contributed by atoms with Gasteiger partial charge in [0.25, 0.3) is 5.91 Å². The minimum absolute atomic E-state index is 0.0265. The number of rotatable bonds is 5. The Balaban J connectivity index is 1.46. The first-order chi connectivity index (χ1) is 13.5. The first-order valence-electron chi connectivity index (χ1n) is 10.4. The van der Waals surface area contributed by atoms with Crippen molar-refractivity contribution >= 4 is 11.8 Å². The fraction of sp³-hybridized carbons (Fsp3) is 0.636. The third kappa shape index (κ3) is 5.25. The summed E-state index contributed by atoms with van der Waals surface area (Å²) in [6, 6.07) is 5.91. The second-order valence-corrected chi connectivity index (χ2v) is 8.29. The molecule has 2 atom stereocenters. The molecular weight excluding hydrogens is 354 g/mol. The molecule has 2 fully saturated rings. The van der Waals surface area contributed by atoms with Crippen LogP contribution in [0.2, 0.25) is 0 Å². The van der Waals surface area contributed by atoms with E-state index >= 15 is 0 Å². The molecule has 1 aromatic rings. The minimum Gasteiger partial charge on any atom is -0.496 e. The summed E-state index contributed by atoms with van der Waals surface area (Å²) in [4.78, 5) is 29.2. The molecule has 2 amide bonds. The van der Waals surface area contributed by atoms with Crippen molar-refractivity contribution in [3.05, 3.63) is 29.3 Å². The van der Waals surface area contributed by atoms with Gasteiger partial charge in [0.1, 0.15) is 5.75 Å². The molecule has 1 heterocycles. The smallest absolute Gasteiger partial charge is 0.254 e. The van der Waals surface area contributed by atoms with Gasteiger partial charge in [0.2, 0.25) is 5.91 Å². The number of piperazine rings is 1. The van der Waals surface area contributed by atoms with Crippen LogP contribution in [0.5, 0.6) is 5.75 Å². The van der Waals surface area contributed by atoms with Gasteiger partial charge < -0.3 is 15.0 Å². The molecule has 0 spiro atoms. The summed E-state index contributed by atoms with van der Waals surface area (Å²) >= 11 is 0. The van der Waals surface area contributed by atoms with E-state index in [9.17, 15) is 9.59 Å². The maximum atomic E-state index is 12.8. The number of aryl methyl sites for hydroxylation is 1. The molecule has 28 heavy (non-hydrogen) atoms. The van der Waals surface area contributed by atoms with Crippen LogP contribution < -0.4 is 10.1 Å². The Morgan fingerprint density at radius 1 is 1.18 bits per heavy atom. The topological polar surface area (TPSA) is 61.9 Å².